The van der Waals surface area contributed by atoms with E-state index in [2.05, 4.69) is 0 Å². The number of anilines is 1. The molecule has 3 rings (SSSR count). The van der Waals surface area contributed by atoms with Crippen LogP contribution in [0.2, 0.25) is 0 Å². The Hall–Kier alpha value is -2.84. The van der Waals surface area contributed by atoms with Crippen molar-refractivity contribution >= 4 is 51.9 Å². The first-order valence-corrected chi connectivity index (χ1v) is 9.20. The molecule has 0 spiro atoms. The minimum Gasteiger partial charge on any atom is -0.504 e. The number of ether oxygens (including phenoxy) is 1. The van der Waals surface area contributed by atoms with E-state index in [0.29, 0.717) is 26.0 Å². The lowest BCUT2D eigenvalue weighted by Gasteiger charge is -2.14. The fourth-order valence-corrected chi connectivity index (χ4v) is 3.73. The van der Waals surface area contributed by atoms with Gasteiger partial charge in [0.15, 0.2) is 15.8 Å². The van der Waals surface area contributed by atoms with Crippen LogP contribution in [0.25, 0.3) is 6.08 Å². The number of thiocarbonyl (C=S) groups is 1. The van der Waals surface area contributed by atoms with E-state index < -0.39 is 5.97 Å². The minimum absolute atomic E-state index is 0.235. The Balaban J connectivity index is 1.84. The van der Waals surface area contributed by atoms with Gasteiger partial charge in [-0.3, -0.25) is 9.69 Å². The van der Waals surface area contributed by atoms with Crippen LogP contribution in [0, 0.1) is 0 Å². The Labute approximate surface area is 165 Å². The molecule has 138 valence electrons. The summed E-state index contributed by atoms with van der Waals surface area (Å²) in [6, 6.07) is 10.7. The first kappa shape index (κ1) is 18.9. The quantitative estimate of drug-likeness (QED) is 0.350. The van der Waals surface area contributed by atoms with Crippen molar-refractivity contribution in [3.05, 3.63) is 58.5 Å². The summed E-state index contributed by atoms with van der Waals surface area (Å²) < 4.78 is 5.30. The van der Waals surface area contributed by atoms with E-state index in [1.165, 1.54) is 17.0 Å². The molecule has 1 aliphatic heterocycles. The summed E-state index contributed by atoms with van der Waals surface area (Å²) in [5, 5.41) is 19.0. The fraction of sp³-hybridized carbons (Fsp3) is 0.105. The third-order valence-corrected chi connectivity index (χ3v) is 5.03. The average Bonchev–Trinajstić information content (AvgIpc) is 2.92. The number of esters is 1. The van der Waals surface area contributed by atoms with Gasteiger partial charge < -0.3 is 14.9 Å². The van der Waals surface area contributed by atoms with Crippen molar-refractivity contribution < 1.29 is 24.5 Å². The number of phenolic OH excluding ortho intramolecular Hbond substituents is 2. The normalized spacial score (nSPS) is 15.4. The summed E-state index contributed by atoms with van der Waals surface area (Å²) in [7, 11) is 0. The Kier molecular flexibility index (Phi) is 5.48. The van der Waals surface area contributed by atoms with Gasteiger partial charge in [0, 0.05) is 0 Å². The van der Waals surface area contributed by atoms with Crippen molar-refractivity contribution in [2.24, 2.45) is 0 Å². The third kappa shape index (κ3) is 3.96. The molecule has 0 radical (unpaired) electrons. The summed E-state index contributed by atoms with van der Waals surface area (Å²) in [6.07, 6.45) is 1.59. The number of hydrogen-bond donors (Lipinski definition) is 2. The zero-order valence-corrected chi connectivity index (χ0v) is 15.8. The van der Waals surface area contributed by atoms with Gasteiger partial charge >= 0.3 is 5.97 Å². The van der Waals surface area contributed by atoms with E-state index in [9.17, 15) is 19.8 Å². The number of amides is 1. The van der Waals surface area contributed by atoms with Gasteiger partial charge in [0.25, 0.3) is 5.91 Å². The highest BCUT2D eigenvalue weighted by Crippen LogP contribution is 2.37. The van der Waals surface area contributed by atoms with Crippen LogP contribution in [0.3, 0.4) is 0 Å². The van der Waals surface area contributed by atoms with E-state index in [4.69, 9.17) is 17.0 Å². The van der Waals surface area contributed by atoms with Gasteiger partial charge in [0.05, 0.1) is 22.8 Å². The second-order valence-electron chi connectivity index (χ2n) is 5.53. The molecule has 6 nitrogen and oxygen atoms in total. The molecular weight excluding hydrogens is 386 g/mol. The standard InChI is InChI=1S/C19H15NO5S2/c1-2-25-18(24)12-4-6-13(7-5-12)20-17(23)16(27-19(20)26)10-11-3-8-14(21)15(22)9-11/h3-10,21-22H,2H2,1H3/b16-10-. The van der Waals surface area contributed by atoms with Crippen LogP contribution in [0.15, 0.2) is 47.4 Å². The van der Waals surface area contributed by atoms with Crippen LogP contribution in [-0.2, 0) is 9.53 Å². The van der Waals surface area contributed by atoms with Crippen LogP contribution in [0.1, 0.15) is 22.8 Å². The molecule has 0 bridgehead atoms. The van der Waals surface area contributed by atoms with E-state index in [1.54, 1.807) is 43.3 Å². The molecule has 1 fully saturated rings. The molecule has 27 heavy (non-hydrogen) atoms. The maximum absolute atomic E-state index is 12.7. The SMILES string of the molecule is CCOC(=O)c1ccc(N2C(=O)/C(=C/c3ccc(O)c(O)c3)SC2=S)cc1. The molecule has 0 atom stereocenters. The third-order valence-electron chi connectivity index (χ3n) is 3.73. The predicted octanol–water partition coefficient (Wildman–Crippen LogP) is 3.68. The second kappa shape index (κ2) is 7.81. The molecular formula is C19H15NO5S2. The van der Waals surface area contributed by atoms with Crippen LogP contribution in [-0.4, -0.2) is 33.0 Å². The molecule has 0 unspecified atom stereocenters. The van der Waals surface area contributed by atoms with Gasteiger partial charge in [-0.25, -0.2) is 4.79 Å². The lowest BCUT2D eigenvalue weighted by molar-refractivity contribution is -0.113. The molecule has 1 amide bonds. The highest BCUT2D eigenvalue weighted by molar-refractivity contribution is 8.27. The Morgan fingerprint density at radius 1 is 1.19 bits per heavy atom. The van der Waals surface area contributed by atoms with Crippen molar-refractivity contribution in [1.82, 2.24) is 0 Å². The van der Waals surface area contributed by atoms with Crippen LogP contribution in [0.5, 0.6) is 11.5 Å². The average molecular weight is 401 g/mol. The number of carbonyl (C=O) groups is 2. The van der Waals surface area contributed by atoms with Crippen molar-refractivity contribution in [3.63, 3.8) is 0 Å². The van der Waals surface area contributed by atoms with E-state index in [1.807, 2.05) is 0 Å². The van der Waals surface area contributed by atoms with Gasteiger partial charge in [-0.05, 0) is 55.0 Å². The van der Waals surface area contributed by atoms with Crippen LogP contribution >= 0.6 is 24.0 Å². The van der Waals surface area contributed by atoms with Crippen molar-refractivity contribution in [2.75, 3.05) is 11.5 Å². The number of carbonyl (C=O) groups excluding carboxylic acids is 2. The molecule has 2 aromatic rings. The molecule has 2 aromatic carbocycles. The number of rotatable bonds is 4. The summed E-state index contributed by atoms with van der Waals surface area (Å²) in [5.74, 6) is -1.24. The summed E-state index contributed by atoms with van der Waals surface area (Å²) in [5.41, 5.74) is 1.49. The number of thioether (sulfide) groups is 1. The first-order valence-electron chi connectivity index (χ1n) is 7.98. The molecule has 0 aromatic heterocycles. The van der Waals surface area contributed by atoms with Gasteiger partial charge in [-0.1, -0.05) is 30.0 Å². The lowest BCUT2D eigenvalue weighted by atomic mass is 10.1. The van der Waals surface area contributed by atoms with Gasteiger partial charge in [0.1, 0.15) is 0 Å². The van der Waals surface area contributed by atoms with Gasteiger partial charge in [-0.15, -0.1) is 0 Å². The zero-order chi connectivity index (χ0) is 19.6. The van der Waals surface area contributed by atoms with Crippen molar-refractivity contribution in [1.29, 1.82) is 0 Å². The van der Waals surface area contributed by atoms with Crippen molar-refractivity contribution in [2.45, 2.75) is 6.92 Å². The summed E-state index contributed by atoms with van der Waals surface area (Å²) in [4.78, 5) is 26.2. The van der Waals surface area contributed by atoms with Gasteiger partial charge in [-0.2, -0.15) is 0 Å². The monoisotopic (exact) mass is 401 g/mol. The Morgan fingerprint density at radius 2 is 1.89 bits per heavy atom. The predicted molar refractivity (Wildman–Crippen MR) is 108 cm³/mol. The second-order valence-corrected chi connectivity index (χ2v) is 7.21. The highest BCUT2D eigenvalue weighted by Gasteiger charge is 2.33. The zero-order valence-electron chi connectivity index (χ0n) is 14.2. The number of benzene rings is 2. The largest absolute Gasteiger partial charge is 0.504 e. The maximum atomic E-state index is 12.7. The molecule has 8 heteroatoms. The topological polar surface area (TPSA) is 87.1 Å². The summed E-state index contributed by atoms with van der Waals surface area (Å²) >= 11 is 6.44. The van der Waals surface area contributed by atoms with Gasteiger partial charge in [0.2, 0.25) is 0 Å². The number of phenols is 2. The first-order chi connectivity index (χ1) is 12.9. The fourth-order valence-electron chi connectivity index (χ4n) is 2.43. The highest BCUT2D eigenvalue weighted by atomic mass is 32.2. The maximum Gasteiger partial charge on any atom is 0.338 e. The number of hydrogen-bond acceptors (Lipinski definition) is 7. The number of aromatic hydroxyl groups is 2. The van der Waals surface area contributed by atoms with Crippen LogP contribution in [0.4, 0.5) is 5.69 Å². The van der Waals surface area contributed by atoms with Crippen LogP contribution < -0.4 is 4.90 Å². The summed E-state index contributed by atoms with van der Waals surface area (Å²) in [6.45, 7) is 2.01. The smallest absolute Gasteiger partial charge is 0.338 e. The molecule has 1 saturated heterocycles. The molecule has 2 N–H and O–H groups in total. The van der Waals surface area contributed by atoms with Crippen molar-refractivity contribution in [3.8, 4) is 11.5 Å². The molecule has 0 saturated carbocycles. The lowest BCUT2D eigenvalue weighted by Crippen LogP contribution is -2.27. The Morgan fingerprint density at radius 3 is 2.52 bits per heavy atom. The Bertz CT molecular complexity index is 953. The van der Waals surface area contributed by atoms with E-state index in [-0.39, 0.29) is 24.0 Å². The van der Waals surface area contributed by atoms with E-state index >= 15 is 0 Å². The minimum atomic E-state index is -0.429. The number of nitrogens with zero attached hydrogens (tertiary/aromatic N) is 1. The molecule has 1 aliphatic rings. The van der Waals surface area contributed by atoms with E-state index in [0.717, 1.165) is 11.8 Å². The molecule has 1 heterocycles. The molecule has 0 aliphatic carbocycles.